The van der Waals surface area contributed by atoms with E-state index in [0.717, 1.165) is 0 Å². The summed E-state index contributed by atoms with van der Waals surface area (Å²) in [6.45, 7) is 1.64. The number of halogens is 7. The van der Waals surface area contributed by atoms with E-state index in [4.69, 9.17) is 9.47 Å². The number of hydrogen-bond acceptors (Lipinski definition) is 3. The quantitative estimate of drug-likeness (QED) is 0.555. The summed E-state index contributed by atoms with van der Waals surface area (Å²) in [5.74, 6) is -10.6. The molecule has 0 atom stereocenters. The van der Waals surface area contributed by atoms with Gasteiger partial charge in [-0.15, -0.1) is 0 Å². The van der Waals surface area contributed by atoms with Crippen LogP contribution in [0.25, 0.3) is 0 Å². The number of hydrogen-bond donors (Lipinski definition) is 1. The van der Waals surface area contributed by atoms with Crippen molar-refractivity contribution in [3.8, 4) is 11.5 Å². The molecule has 29 heavy (non-hydrogen) atoms. The topological polar surface area (TPSA) is 47.6 Å². The SMILES string of the molecule is COc1cc(OC)c(CC(=O)Nc2c(F)c(F)c(C(F)(F)F)c(F)c2F)cc1C. The molecule has 2 aromatic rings. The predicted molar refractivity (Wildman–Crippen MR) is 87.9 cm³/mol. The van der Waals surface area contributed by atoms with E-state index >= 15 is 0 Å². The third-order valence-electron chi connectivity index (χ3n) is 3.96. The minimum absolute atomic E-state index is 0.174. The van der Waals surface area contributed by atoms with Gasteiger partial charge < -0.3 is 14.8 Å². The van der Waals surface area contributed by atoms with Crippen molar-refractivity contribution in [2.75, 3.05) is 19.5 Å². The largest absolute Gasteiger partial charge is 0.496 e. The Labute approximate surface area is 160 Å². The van der Waals surface area contributed by atoms with E-state index in [0.29, 0.717) is 11.3 Å². The summed E-state index contributed by atoms with van der Waals surface area (Å²) in [5.41, 5.74) is -3.57. The van der Waals surface area contributed by atoms with Crippen LogP contribution in [-0.4, -0.2) is 20.1 Å². The van der Waals surface area contributed by atoms with Crippen molar-refractivity contribution in [1.29, 1.82) is 0 Å². The fourth-order valence-electron chi connectivity index (χ4n) is 2.62. The molecule has 1 N–H and O–H groups in total. The molecule has 1 amide bonds. The lowest BCUT2D eigenvalue weighted by molar-refractivity contribution is -0.143. The molecule has 0 radical (unpaired) electrons. The summed E-state index contributed by atoms with van der Waals surface area (Å²) in [6.07, 6.45) is -6.23. The van der Waals surface area contributed by atoms with Crippen molar-refractivity contribution >= 4 is 11.6 Å². The van der Waals surface area contributed by atoms with Gasteiger partial charge in [0.1, 0.15) is 22.7 Å². The van der Waals surface area contributed by atoms with E-state index < -0.39 is 53.0 Å². The van der Waals surface area contributed by atoms with Gasteiger partial charge in [-0.2, -0.15) is 13.2 Å². The smallest absolute Gasteiger partial charge is 0.422 e. The lowest BCUT2D eigenvalue weighted by Crippen LogP contribution is -2.21. The zero-order valence-electron chi connectivity index (χ0n) is 15.2. The number of methoxy groups -OCH3 is 2. The van der Waals surface area contributed by atoms with E-state index in [-0.39, 0.29) is 11.3 Å². The van der Waals surface area contributed by atoms with Crippen LogP contribution in [0.15, 0.2) is 12.1 Å². The first-order valence-electron chi connectivity index (χ1n) is 7.86. The number of rotatable bonds is 5. The van der Waals surface area contributed by atoms with Crippen LogP contribution in [0, 0.1) is 30.2 Å². The standard InChI is InChI=1S/C18H14F7NO3/c1-7-4-8(10(29-3)6-9(7)28-2)5-11(27)26-17-15(21)13(19)12(18(23,24)25)14(20)16(17)22/h4,6H,5H2,1-3H3,(H,26,27). The third kappa shape index (κ3) is 4.38. The molecule has 0 heterocycles. The molecule has 11 heteroatoms. The molecule has 0 aromatic heterocycles. The maximum absolute atomic E-state index is 13.9. The van der Waals surface area contributed by atoms with E-state index in [2.05, 4.69) is 0 Å². The average molecular weight is 425 g/mol. The van der Waals surface area contributed by atoms with Crippen LogP contribution in [0.4, 0.5) is 36.4 Å². The number of alkyl halides is 3. The molecule has 0 saturated heterocycles. The zero-order valence-corrected chi connectivity index (χ0v) is 15.2. The zero-order chi connectivity index (χ0) is 22.1. The number of carbonyl (C=O) groups excluding carboxylic acids is 1. The van der Waals surface area contributed by atoms with Gasteiger partial charge in [-0.25, -0.2) is 17.6 Å². The molecule has 158 valence electrons. The fraction of sp³-hybridized carbons (Fsp3) is 0.278. The number of amides is 1. The van der Waals surface area contributed by atoms with Gasteiger partial charge in [0.05, 0.1) is 20.6 Å². The number of carbonyl (C=O) groups is 1. The Morgan fingerprint density at radius 3 is 1.90 bits per heavy atom. The molecule has 0 aliphatic carbocycles. The van der Waals surface area contributed by atoms with Crippen LogP contribution >= 0.6 is 0 Å². The van der Waals surface area contributed by atoms with Crippen molar-refractivity contribution in [2.45, 2.75) is 19.5 Å². The molecule has 0 saturated carbocycles. The van der Waals surface area contributed by atoms with Gasteiger partial charge >= 0.3 is 6.18 Å². The molecule has 0 aliphatic rings. The first-order chi connectivity index (χ1) is 13.4. The van der Waals surface area contributed by atoms with Crippen LogP contribution in [-0.2, 0) is 17.4 Å². The molecule has 0 spiro atoms. The second-order valence-corrected chi connectivity index (χ2v) is 5.86. The highest BCUT2D eigenvalue weighted by Gasteiger charge is 2.42. The Morgan fingerprint density at radius 1 is 0.931 bits per heavy atom. The summed E-state index contributed by atoms with van der Waals surface area (Å²) in [7, 11) is 2.68. The Bertz CT molecular complexity index is 929. The van der Waals surface area contributed by atoms with Gasteiger partial charge in [0.2, 0.25) is 5.91 Å². The fourth-order valence-corrected chi connectivity index (χ4v) is 2.62. The molecule has 2 rings (SSSR count). The first-order valence-corrected chi connectivity index (χ1v) is 7.86. The summed E-state index contributed by atoms with van der Waals surface area (Å²) in [4.78, 5) is 12.1. The molecular weight excluding hydrogens is 411 g/mol. The third-order valence-corrected chi connectivity index (χ3v) is 3.96. The highest BCUT2D eigenvalue weighted by Crippen LogP contribution is 2.38. The number of benzene rings is 2. The van der Waals surface area contributed by atoms with Gasteiger partial charge in [0.25, 0.3) is 0 Å². The van der Waals surface area contributed by atoms with Gasteiger partial charge in [0.15, 0.2) is 23.3 Å². The Kier molecular flexibility index (Phi) is 6.29. The lowest BCUT2D eigenvalue weighted by atomic mass is 10.1. The molecule has 4 nitrogen and oxygen atoms in total. The van der Waals surface area contributed by atoms with Crippen molar-refractivity contribution in [3.63, 3.8) is 0 Å². The summed E-state index contributed by atoms with van der Waals surface area (Å²) >= 11 is 0. The Morgan fingerprint density at radius 2 is 1.45 bits per heavy atom. The maximum atomic E-state index is 13.9. The highest BCUT2D eigenvalue weighted by molar-refractivity contribution is 5.93. The molecule has 0 unspecified atom stereocenters. The average Bonchev–Trinajstić information content (AvgIpc) is 2.63. The summed E-state index contributed by atoms with van der Waals surface area (Å²) in [6, 6.07) is 2.91. The minimum Gasteiger partial charge on any atom is -0.496 e. The Hall–Kier alpha value is -2.98. The van der Waals surface area contributed by atoms with Gasteiger partial charge in [0, 0.05) is 11.6 Å². The van der Waals surface area contributed by atoms with E-state index in [9.17, 15) is 35.5 Å². The van der Waals surface area contributed by atoms with Crippen molar-refractivity contribution in [2.24, 2.45) is 0 Å². The first kappa shape index (κ1) is 22.3. The second-order valence-electron chi connectivity index (χ2n) is 5.86. The number of nitrogens with one attached hydrogen (secondary N) is 1. The Balaban J connectivity index is 2.39. The van der Waals surface area contributed by atoms with Crippen LogP contribution in [0.2, 0.25) is 0 Å². The summed E-state index contributed by atoms with van der Waals surface area (Å²) in [5, 5.41) is 1.56. The second kappa shape index (κ2) is 8.18. The lowest BCUT2D eigenvalue weighted by Gasteiger charge is -2.15. The van der Waals surface area contributed by atoms with Crippen LogP contribution in [0.1, 0.15) is 16.7 Å². The van der Waals surface area contributed by atoms with Crippen LogP contribution in [0.5, 0.6) is 11.5 Å². The molecule has 0 bridgehead atoms. The maximum Gasteiger partial charge on any atom is 0.422 e. The van der Waals surface area contributed by atoms with Crippen LogP contribution in [0.3, 0.4) is 0 Å². The number of anilines is 1. The van der Waals surface area contributed by atoms with Crippen molar-refractivity contribution < 1.29 is 45.0 Å². The minimum atomic E-state index is -5.67. The van der Waals surface area contributed by atoms with Gasteiger partial charge in [-0.05, 0) is 18.6 Å². The number of ether oxygens (including phenoxy) is 2. The van der Waals surface area contributed by atoms with E-state index in [1.54, 1.807) is 12.2 Å². The monoisotopic (exact) mass is 425 g/mol. The van der Waals surface area contributed by atoms with E-state index in [1.165, 1.54) is 26.4 Å². The number of aryl methyl sites for hydroxylation is 1. The van der Waals surface area contributed by atoms with Gasteiger partial charge in [-0.1, -0.05) is 0 Å². The normalized spacial score (nSPS) is 11.4. The van der Waals surface area contributed by atoms with Crippen molar-refractivity contribution in [1.82, 2.24) is 0 Å². The van der Waals surface area contributed by atoms with Crippen LogP contribution < -0.4 is 14.8 Å². The predicted octanol–water partition coefficient (Wildman–Crippen LogP) is 4.77. The molecule has 2 aromatic carbocycles. The van der Waals surface area contributed by atoms with E-state index in [1.807, 2.05) is 0 Å². The highest BCUT2D eigenvalue weighted by atomic mass is 19.4. The van der Waals surface area contributed by atoms with Crippen molar-refractivity contribution in [3.05, 3.63) is 52.1 Å². The molecule has 0 fully saturated rings. The molecular formula is C18H14F7NO3. The summed E-state index contributed by atoms with van der Waals surface area (Å²) < 4.78 is 103. The van der Waals surface area contributed by atoms with Gasteiger partial charge in [-0.3, -0.25) is 4.79 Å². The molecule has 0 aliphatic heterocycles.